The molecule has 1 amide bonds. The van der Waals surface area contributed by atoms with E-state index in [1.54, 1.807) is 6.20 Å². The number of anilines is 1. The summed E-state index contributed by atoms with van der Waals surface area (Å²) in [4.78, 5) is 21.1. The van der Waals surface area contributed by atoms with Gasteiger partial charge in [-0.3, -0.25) is 9.69 Å². The van der Waals surface area contributed by atoms with Gasteiger partial charge in [-0.1, -0.05) is 13.8 Å². The summed E-state index contributed by atoms with van der Waals surface area (Å²) in [5, 5.41) is 3.22. The maximum absolute atomic E-state index is 12.4. The highest BCUT2D eigenvalue weighted by atomic mass is 16.2. The molecule has 1 N–H and O–H groups in total. The SMILES string of the molecule is CCCNc1ccc(C(=O)N2CCN(CCC)CC2)cn1. The van der Waals surface area contributed by atoms with E-state index in [1.807, 2.05) is 17.0 Å². The van der Waals surface area contributed by atoms with E-state index < -0.39 is 0 Å². The molecule has 21 heavy (non-hydrogen) atoms. The predicted molar refractivity (Wildman–Crippen MR) is 85.7 cm³/mol. The standard InChI is InChI=1S/C16H26N4O/c1-3-7-17-15-6-5-14(13-18-15)16(21)20-11-9-19(8-4-2)10-12-20/h5-6,13H,3-4,7-12H2,1-2H3,(H,17,18). The molecule has 5 heteroatoms. The van der Waals surface area contributed by atoms with Gasteiger partial charge in [-0.2, -0.15) is 0 Å². The van der Waals surface area contributed by atoms with Gasteiger partial charge in [0.1, 0.15) is 5.82 Å². The maximum atomic E-state index is 12.4. The third-order valence-corrected chi connectivity index (χ3v) is 3.77. The Kier molecular flexibility index (Phi) is 5.99. The van der Waals surface area contributed by atoms with Crippen LogP contribution in [-0.4, -0.2) is 60.0 Å². The van der Waals surface area contributed by atoms with E-state index in [-0.39, 0.29) is 5.91 Å². The first-order chi connectivity index (χ1) is 10.2. The number of hydrogen-bond acceptors (Lipinski definition) is 4. The second-order valence-corrected chi connectivity index (χ2v) is 5.49. The average molecular weight is 290 g/mol. The summed E-state index contributed by atoms with van der Waals surface area (Å²) in [5.74, 6) is 0.932. The van der Waals surface area contributed by atoms with Gasteiger partial charge in [0.25, 0.3) is 5.91 Å². The molecule has 1 aliphatic rings. The minimum Gasteiger partial charge on any atom is -0.370 e. The van der Waals surface area contributed by atoms with Gasteiger partial charge < -0.3 is 10.2 Å². The van der Waals surface area contributed by atoms with Crippen LogP contribution in [-0.2, 0) is 0 Å². The highest BCUT2D eigenvalue weighted by Crippen LogP contribution is 2.11. The highest BCUT2D eigenvalue weighted by molar-refractivity contribution is 5.94. The lowest BCUT2D eigenvalue weighted by Crippen LogP contribution is -2.48. The molecule has 0 bridgehead atoms. The molecule has 0 radical (unpaired) electrons. The van der Waals surface area contributed by atoms with Gasteiger partial charge in [0.15, 0.2) is 0 Å². The van der Waals surface area contributed by atoms with Crippen molar-refractivity contribution in [2.45, 2.75) is 26.7 Å². The minimum absolute atomic E-state index is 0.0979. The van der Waals surface area contributed by atoms with Crippen LogP contribution >= 0.6 is 0 Å². The van der Waals surface area contributed by atoms with Crippen LogP contribution in [0.15, 0.2) is 18.3 Å². The second-order valence-electron chi connectivity index (χ2n) is 5.49. The van der Waals surface area contributed by atoms with Crippen molar-refractivity contribution >= 4 is 11.7 Å². The topological polar surface area (TPSA) is 48.5 Å². The summed E-state index contributed by atoms with van der Waals surface area (Å²) < 4.78 is 0. The molecule has 0 unspecified atom stereocenters. The number of nitrogens with one attached hydrogen (secondary N) is 1. The van der Waals surface area contributed by atoms with Crippen LogP contribution in [0.1, 0.15) is 37.0 Å². The summed E-state index contributed by atoms with van der Waals surface area (Å²) in [7, 11) is 0. The molecule has 2 rings (SSSR count). The number of carbonyl (C=O) groups is 1. The molecule has 0 atom stereocenters. The first kappa shape index (κ1) is 15.8. The van der Waals surface area contributed by atoms with Crippen molar-refractivity contribution in [3.8, 4) is 0 Å². The number of carbonyl (C=O) groups excluding carboxylic acids is 1. The second kappa shape index (κ2) is 7.98. The van der Waals surface area contributed by atoms with E-state index in [9.17, 15) is 4.79 Å². The lowest BCUT2D eigenvalue weighted by atomic mass is 10.2. The lowest BCUT2D eigenvalue weighted by Gasteiger charge is -2.34. The summed E-state index contributed by atoms with van der Waals surface area (Å²) in [6, 6.07) is 3.75. The third kappa shape index (κ3) is 4.43. The van der Waals surface area contributed by atoms with E-state index in [1.165, 1.54) is 6.42 Å². The number of aromatic nitrogens is 1. The average Bonchev–Trinajstić information content (AvgIpc) is 2.54. The predicted octanol–water partition coefficient (Wildman–Crippen LogP) is 2.07. The Hall–Kier alpha value is -1.62. The maximum Gasteiger partial charge on any atom is 0.255 e. The number of pyridine rings is 1. The molecule has 1 aromatic heterocycles. The lowest BCUT2D eigenvalue weighted by molar-refractivity contribution is 0.0637. The molecule has 1 aromatic rings. The Labute approximate surface area is 127 Å². The number of rotatable bonds is 6. The number of amides is 1. The Morgan fingerprint density at radius 1 is 1.19 bits per heavy atom. The quantitative estimate of drug-likeness (QED) is 0.871. The molecule has 0 aromatic carbocycles. The van der Waals surface area contributed by atoms with Crippen LogP contribution in [0.3, 0.4) is 0 Å². The number of piperazine rings is 1. The molecule has 116 valence electrons. The Bertz CT molecular complexity index is 438. The van der Waals surface area contributed by atoms with Crippen molar-refractivity contribution in [2.75, 3.05) is 44.6 Å². The van der Waals surface area contributed by atoms with Crippen LogP contribution < -0.4 is 5.32 Å². The van der Waals surface area contributed by atoms with Crippen molar-refractivity contribution < 1.29 is 4.79 Å². The van der Waals surface area contributed by atoms with Gasteiger partial charge in [0, 0.05) is 38.9 Å². The van der Waals surface area contributed by atoms with Gasteiger partial charge in [-0.25, -0.2) is 4.98 Å². The van der Waals surface area contributed by atoms with E-state index in [2.05, 4.69) is 29.0 Å². The number of nitrogens with zero attached hydrogens (tertiary/aromatic N) is 3. The molecule has 2 heterocycles. The number of hydrogen-bond donors (Lipinski definition) is 1. The molecular weight excluding hydrogens is 264 g/mol. The summed E-state index contributed by atoms with van der Waals surface area (Å²) in [5.41, 5.74) is 0.681. The molecule has 1 saturated heterocycles. The molecular formula is C16H26N4O. The summed E-state index contributed by atoms with van der Waals surface area (Å²) in [6.45, 7) is 9.91. The highest BCUT2D eigenvalue weighted by Gasteiger charge is 2.21. The normalized spacial score (nSPS) is 16.0. The van der Waals surface area contributed by atoms with Crippen molar-refractivity contribution in [3.05, 3.63) is 23.9 Å². The van der Waals surface area contributed by atoms with Crippen LogP contribution in [0, 0.1) is 0 Å². The van der Waals surface area contributed by atoms with Crippen LogP contribution in [0.2, 0.25) is 0 Å². The molecule has 1 fully saturated rings. The van der Waals surface area contributed by atoms with E-state index in [0.717, 1.165) is 51.5 Å². The van der Waals surface area contributed by atoms with E-state index in [4.69, 9.17) is 0 Å². The molecule has 5 nitrogen and oxygen atoms in total. The van der Waals surface area contributed by atoms with Gasteiger partial charge in [0.2, 0.25) is 0 Å². The molecule has 0 saturated carbocycles. The molecule has 0 aliphatic carbocycles. The van der Waals surface area contributed by atoms with Crippen LogP contribution in [0.25, 0.3) is 0 Å². The van der Waals surface area contributed by atoms with E-state index >= 15 is 0 Å². The van der Waals surface area contributed by atoms with Gasteiger partial charge in [0.05, 0.1) is 5.56 Å². The molecule has 0 spiro atoms. The smallest absolute Gasteiger partial charge is 0.255 e. The third-order valence-electron chi connectivity index (χ3n) is 3.77. The van der Waals surface area contributed by atoms with Gasteiger partial charge in [-0.15, -0.1) is 0 Å². The molecule has 1 aliphatic heterocycles. The Morgan fingerprint density at radius 2 is 1.95 bits per heavy atom. The fraction of sp³-hybridized carbons (Fsp3) is 0.625. The van der Waals surface area contributed by atoms with Gasteiger partial charge in [-0.05, 0) is 31.5 Å². The zero-order chi connectivity index (χ0) is 15.1. The first-order valence-electron chi connectivity index (χ1n) is 7.96. The monoisotopic (exact) mass is 290 g/mol. The fourth-order valence-electron chi connectivity index (χ4n) is 2.55. The summed E-state index contributed by atoms with van der Waals surface area (Å²) >= 11 is 0. The zero-order valence-electron chi connectivity index (χ0n) is 13.1. The van der Waals surface area contributed by atoms with Gasteiger partial charge >= 0.3 is 0 Å². The van der Waals surface area contributed by atoms with E-state index in [0.29, 0.717) is 5.56 Å². The van der Waals surface area contributed by atoms with Crippen molar-refractivity contribution in [2.24, 2.45) is 0 Å². The first-order valence-corrected chi connectivity index (χ1v) is 7.96. The Balaban J connectivity index is 1.88. The van der Waals surface area contributed by atoms with Crippen molar-refractivity contribution in [3.63, 3.8) is 0 Å². The largest absolute Gasteiger partial charge is 0.370 e. The minimum atomic E-state index is 0.0979. The zero-order valence-corrected chi connectivity index (χ0v) is 13.1. The Morgan fingerprint density at radius 3 is 2.52 bits per heavy atom. The van der Waals surface area contributed by atoms with Crippen LogP contribution in [0.5, 0.6) is 0 Å². The summed E-state index contributed by atoms with van der Waals surface area (Å²) in [6.07, 6.45) is 3.91. The van der Waals surface area contributed by atoms with Crippen LogP contribution in [0.4, 0.5) is 5.82 Å². The fourth-order valence-corrected chi connectivity index (χ4v) is 2.55. The van der Waals surface area contributed by atoms with Crippen molar-refractivity contribution in [1.82, 2.24) is 14.8 Å². The van der Waals surface area contributed by atoms with Crippen molar-refractivity contribution in [1.29, 1.82) is 0 Å².